The Hall–Kier alpha value is -4.55. The molecular formula is C72H126N4O14Si2. The van der Waals surface area contributed by atoms with Crippen LogP contribution in [0.25, 0.3) is 11.1 Å². The van der Waals surface area contributed by atoms with Gasteiger partial charge in [-0.2, -0.15) is 0 Å². The molecule has 18 nitrogen and oxygen atoms in total. The highest BCUT2D eigenvalue weighted by Crippen LogP contribution is 2.39. The normalized spacial score (nSPS) is 12.7. The molecule has 4 amide bonds. The number of ether oxygens (including phenoxy) is 6. The fraction of sp³-hybridized carbons (Fsp3) is 0.750. The van der Waals surface area contributed by atoms with Gasteiger partial charge in [0, 0.05) is 38.9 Å². The highest BCUT2D eigenvalue weighted by Gasteiger charge is 2.38. The van der Waals surface area contributed by atoms with Crippen molar-refractivity contribution in [2.24, 2.45) is 0 Å². The van der Waals surface area contributed by atoms with Crippen LogP contribution < -0.4 is 21.3 Å². The lowest BCUT2D eigenvalue weighted by Gasteiger charge is -2.36. The van der Waals surface area contributed by atoms with Crippen LogP contribution in [-0.4, -0.2) is 142 Å². The minimum atomic E-state index is -1.98. The van der Waals surface area contributed by atoms with Crippen LogP contribution in [0.1, 0.15) is 222 Å². The number of amides is 4. The van der Waals surface area contributed by atoms with E-state index in [9.17, 15) is 28.8 Å². The molecule has 0 radical (unpaired) electrons. The molecular weight excluding hydrogens is 1200 g/mol. The van der Waals surface area contributed by atoms with Gasteiger partial charge in [-0.05, 0) is 138 Å². The predicted octanol–water partition coefficient (Wildman–Crippen LogP) is 13.9. The Morgan fingerprint density at radius 3 is 1.35 bits per heavy atom. The molecule has 0 saturated heterocycles. The summed E-state index contributed by atoms with van der Waals surface area (Å²) in [6, 6.07) is 14.4. The average Bonchev–Trinajstić information content (AvgIpc) is 0.841. The SMILES string of the molecule is CC(C)(C)OC(=O)CCCCCCCCCCCCCCCCC(=O)NC(CCC(=O)NCCOCCOCC(=O)NCCOCCOCC(=O)NCCCc1cc(-c2ccc(CO[Si](C)(C)C(C)(C)C)cc2)ccc1CO[Si](C)(C)C(C)(C)C)C(=O)OC(C)(C)C. The Bertz CT molecular complexity index is 2430. The van der Waals surface area contributed by atoms with Gasteiger partial charge in [0.2, 0.25) is 23.6 Å². The predicted molar refractivity (Wildman–Crippen MR) is 373 cm³/mol. The van der Waals surface area contributed by atoms with Gasteiger partial charge < -0.3 is 58.5 Å². The number of rotatable bonds is 49. The molecule has 0 aliphatic carbocycles. The summed E-state index contributed by atoms with van der Waals surface area (Å²) in [4.78, 5) is 75.3. The zero-order valence-corrected chi connectivity index (χ0v) is 62.2. The van der Waals surface area contributed by atoms with Crippen molar-refractivity contribution in [2.45, 2.75) is 278 Å². The second-order valence-corrected chi connectivity index (χ2v) is 39.1. The summed E-state index contributed by atoms with van der Waals surface area (Å²) in [5.74, 6) is -1.68. The summed E-state index contributed by atoms with van der Waals surface area (Å²) in [6.07, 6.45) is 18.1. The third-order valence-corrected chi connectivity index (χ3v) is 25.7. The summed E-state index contributed by atoms with van der Waals surface area (Å²) in [5.41, 5.74) is 4.66. The van der Waals surface area contributed by atoms with Gasteiger partial charge in [0.15, 0.2) is 16.6 Å². The van der Waals surface area contributed by atoms with Crippen molar-refractivity contribution in [1.82, 2.24) is 21.3 Å². The van der Waals surface area contributed by atoms with Crippen molar-refractivity contribution in [3.05, 3.63) is 59.2 Å². The largest absolute Gasteiger partial charge is 0.460 e. The molecule has 4 N–H and O–H groups in total. The van der Waals surface area contributed by atoms with Crippen LogP contribution >= 0.6 is 0 Å². The van der Waals surface area contributed by atoms with E-state index in [1.165, 1.54) is 62.5 Å². The van der Waals surface area contributed by atoms with Crippen LogP contribution in [0.2, 0.25) is 36.3 Å². The van der Waals surface area contributed by atoms with Crippen LogP contribution in [0.3, 0.4) is 0 Å². The number of benzene rings is 2. The molecule has 0 aliphatic rings. The van der Waals surface area contributed by atoms with E-state index >= 15 is 0 Å². The van der Waals surface area contributed by atoms with E-state index in [0.717, 1.165) is 68.1 Å². The number of esters is 2. The third-order valence-electron chi connectivity index (χ3n) is 16.7. The van der Waals surface area contributed by atoms with Crippen LogP contribution in [0.4, 0.5) is 0 Å². The maximum absolute atomic E-state index is 13.0. The van der Waals surface area contributed by atoms with Crippen LogP contribution in [-0.2, 0) is 85.7 Å². The van der Waals surface area contributed by atoms with Crippen molar-refractivity contribution in [2.75, 3.05) is 72.5 Å². The van der Waals surface area contributed by atoms with E-state index in [0.29, 0.717) is 32.6 Å². The van der Waals surface area contributed by atoms with Crippen LogP contribution in [0.5, 0.6) is 0 Å². The van der Waals surface area contributed by atoms with E-state index < -0.39 is 39.8 Å². The molecule has 0 aromatic heterocycles. The molecule has 2 aromatic rings. The topological polar surface area (TPSA) is 224 Å². The van der Waals surface area contributed by atoms with E-state index in [4.69, 9.17) is 37.3 Å². The lowest BCUT2D eigenvalue weighted by atomic mass is 9.96. The van der Waals surface area contributed by atoms with Gasteiger partial charge in [-0.1, -0.05) is 161 Å². The Morgan fingerprint density at radius 2 is 0.859 bits per heavy atom. The molecule has 0 fully saturated rings. The van der Waals surface area contributed by atoms with Crippen LogP contribution in [0, 0.1) is 0 Å². The van der Waals surface area contributed by atoms with Gasteiger partial charge in [-0.15, -0.1) is 0 Å². The molecule has 526 valence electrons. The Labute approximate surface area is 557 Å². The Morgan fingerprint density at radius 1 is 0.424 bits per heavy atom. The molecule has 92 heavy (non-hydrogen) atoms. The molecule has 0 spiro atoms. The summed E-state index contributed by atoms with van der Waals surface area (Å²) < 4.78 is 46.1. The maximum Gasteiger partial charge on any atom is 0.329 e. The first-order valence-electron chi connectivity index (χ1n) is 34.5. The minimum absolute atomic E-state index is 0.0127. The van der Waals surface area contributed by atoms with Gasteiger partial charge >= 0.3 is 11.9 Å². The zero-order valence-electron chi connectivity index (χ0n) is 60.2. The van der Waals surface area contributed by atoms with E-state index in [1.807, 2.05) is 20.8 Å². The van der Waals surface area contributed by atoms with Crippen molar-refractivity contribution >= 4 is 52.2 Å². The number of carbonyl (C=O) groups is 6. The molecule has 0 heterocycles. The highest BCUT2D eigenvalue weighted by molar-refractivity contribution is 6.74. The van der Waals surface area contributed by atoms with Gasteiger partial charge in [0.05, 0.1) is 52.9 Å². The third kappa shape index (κ3) is 40.0. The van der Waals surface area contributed by atoms with Crippen LogP contribution in [0.15, 0.2) is 42.5 Å². The first-order valence-corrected chi connectivity index (χ1v) is 40.3. The van der Waals surface area contributed by atoms with Gasteiger partial charge in [-0.25, -0.2) is 4.79 Å². The van der Waals surface area contributed by atoms with E-state index in [-0.39, 0.29) is 118 Å². The van der Waals surface area contributed by atoms with Crippen molar-refractivity contribution in [1.29, 1.82) is 0 Å². The second kappa shape index (κ2) is 44.2. The van der Waals surface area contributed by atoms with Gasteiger partial charge in [0.1, 0.15) is 30.5 Å². The first-order chi connectivity index (χ1) is 43.2. The van der Waals surface area contributed by atoms with Crippen molar-refractivity contribution in [3.8, 4) is 11.1 Å². The molecule has 1 unspecified atom stereocenters. The molecule has 20 heteroatoms. The van der Waals surface area contributed by atoms with Crippen molar-refractivity contribution < 1.29 is 66.0 Å². The number of aryl methyl sites for hydroxylation is 1. The average molecular weight is 1330 g/mol. The number of unbranched alkanes of at least 4 members (excludes halogenated alkanes) is 13. The van der Waals surface area contributed by atoms with Gasteiger partial charge in [-0.3, -0.25) is 24.0 Å². The Balaban J connectivity index is 1.55. The number of carbonyl (C=O) groups excluding carboxylic acids is 6. The quantitative estimate of drug-likeness (QED) is 0.0275. The molecule has 2 rings (SSSR count). The smallest absolute Gasteiger partial charge is 0.329 e. The number of hydrogen-bond donors (Lipinski definition) is 4. The zero-order chi connectivity index (χ0) is 68.7. The lowest BCUT2D eigenvalue weighted by molar-refractivity contribution is -0.159. The molecule has 0 aliphatic heterocycles. The molecule has 1 atom stereocenters. The first kappa shape index (κ1) is 83.5. The van der Waals surface area contributed by atoms with E-state index in [1.54, 1.807) is 20.8 Å². The number of hydrogen-bond acceptors (Lipinski definition) is 14. The Kier molecular flexibility index (Phi) is 40.2. The summed E-state index contributed by atoms with van der Waals surface area (Å²) >= 11 is 0. The van der Waals surface area contributed by atoms with Gasteiger partial charge in [0.25, 0.3) is 0 Å². The maximum atomic E-state index is 13.0. The summed E-state index contributed by atoms with van der Waals surface area (Å²) in [5, 5.41) is 11.6. The number of nitrogens with one attached hydrogen (secondary N) is 4. The summed E-state index contributed by atoms with van der Waals surface area (Å²) in [6.45, 7) is 36.9. The van der Waals surface area contributed by atoms with Crippen molar-refractivity contribution in [3.63, 3.8) is 0 Å². The molecule has 0 bridgehead atoms. The lowest BCUT2D eigenvalue weighted by Crippen LogP contribution is -2.44. The second-order valence-electron chi connectivity index (χ2n) is 29.5. The fourth-order valence-electron chi connectivity index (χ4n) is 9.15. The summed E-state index contributed by atoms with van der Waals surface area (Å²) in [7, 11) is -3.84. The minimum Gasteiger partial charge on any atom is -0.460 e. The van der Waals surface area contributed by atoms with E-state index in [2.05, 4.69) is 131 Å². The standard InChI is InChI=1S/C72H126N4O14Si2/c1-69(2,3)89-67(81)34-30-28-26-24-22-20-18-17-19-21-23-25-27-29-33-64(78)76-62(68(82)90-70(4,5)6)41-42-63(77)74-44-46-83-48-51-86-56-66(80)75-45-47-84-49-50-85-55-65(79)73-43-31-32-59-52-60(39-40-61(59)54-88-92(15,16)72(10,11)12)58-37-35-57(36-38-58)53-87-91(13,14)71(7,8)9/h35-40,52,62H,17-34,41-51,53-56H2,1-16H3,(H,73,79)(H,74,77)(H,75,80)(H,76,78). The molecule has 0 saturated carbocycles. The molecule has 2 aromatic carbocycles. The highest BCUT2D eigenvalue weighted by atomic mass is 28.4. The fourth-order valence-corrected chi connectivity index (χ4v) is 11.1. The monoisotopic (exact) mass is 1330 g/mol.